The molecule has 0 aromatic heterocycles. The minimum Gasteiger partial charge on any atom is -0.355 e. The zero-order chi connectivity index (χ0) is 9.59. The van der Waals surface area contributed by atoms with Gasteiger partial charge >= 0.3 is 0 Å². The lowest BCUT2D eigenvalue weighted by Crippen LogP contribution is -2.52. The van der Waals surface area contributed by atoms with E-state index in [9.17, 15) is 0 Å². The van der Waals surface area contributed by atoms with Crippen LogP contribution in [-0.2, 0) is 14.2 Å². The Kier molecular flexibility index (Phi) is 3.01. The first-order valence-corrected chi connectivity index (χ1v) is 6.03. The monoisotopic (exact) mass is 314 g/mol. The second-order valence-corrected chi connectivity index (χ2v) is 5.50. The van der Waals surface area contributed by atoms with Crippen molar-refractivity contribution in [1.82, 2.24) is 0 Å². The highest BCUT2D eigenvalue weighted by Crippen LogP contribution is 2.54. The molecule has 1 aliphatic heterocycles. The lowest BCUT2D eigenvalue weighted by Gasteiger charge is -2.43. The average molecular weight is 316 g/mol. The number of rotatable bonds is 2. The van der Waals surface area contributed by atoms with Crippen molar-refractivity contribution in [1.29, 1.82) is 0 Å². The molecule has 0 aromatic carbocycles. The zero-order valence-electron chi connectivity index (χ0n) is 7.44. The van der Waals surface area contributed by atoms with E-state index < -0.39 is 0 Å². The van der Waals surface area contributed by atoms with E-state index in [1.165, 1.54) is 0 Å². The Morgan fingerprint density at radius 2 is 1.31 bits per heavy atom. The summed E-state index contributed by atoms with van der Waals surface area (Å²) in [5, 5.41) is 0. The molecule has 2 fully saturated rings. The van der Waals surface area contributed by atoms with E-state index in [-0.39, 0.29) is 12.6 Å². The minimum absolute atomic E-state index is 0.131. The predicted molar refractivity (Wildman–Crippen MR) is 55.1 cm³/mol. The van der Waals surface area contributed by atoms with Crippen molar-refractivity contribution in [2.75, 3.05) is 14.2 Å². The Hall–Kier alpha value is 0.840. The van der Waals surface area contributed by atoms with E-state index in [4.69, 9.17) is 14.2 Å². The van der Waals surface area contributed by atoms with E-state index in [1.54, 1.807) is 14.2 Å². The summed E-state index contributed by atoms with van der Waals surface area (Å²) in [7, 11) is 3.34. The van der Waals surface area contributed by atoms with Crippen LogP contribution >= 0.6 is 31.9 Å². The molecule has 5 heteroatoms. The number of methoxy groups -OCH3 is 2. The number of hydrogen-bond donors (Lipinski definition) is 0. The summed E-state index contributed by atoms with van der Waals surface area (Å²) in [4.78, 5) is 0.838. The van der Waals surface area contributed by atoms with Crippen LogP contribution in [0.15, 0.2) is 0 Å². The van der Waals surface area contributed by atoms with Gasteiger partial charge in [-0.05, 0) is 0 Å². The molecule has 6 atom stereocenters. The van der Waals surface area contributed by atoms with E-state index in [0.717, 1.165) is 0 Å². The normalized spacial score (nSPS) is 54.5. The Morgan fingerprint density at radius 3 is 1.62 bits per heavy atom. The van der Waals surface area contributed by atoms with Crippen LogP contribution in [0.2, 0.25) is 0 Å². The first-order valence-electron chi connectivity index (χ1n) is 4.20. The number of ether oxygens (including phenoxy) is 3. The second kappa shape index (κ2) is 3.77. The second-order valence-electron chi connectivity index (χ2n) is 3.39. The lowest BCUT2D eigenvalue weighted by atomic mass is 9.74. The van der Waals surface area contributed by atoms with E-state index in [0.29, 0.717) is 21.5 Å². The largest absolute Gasteiger partial charge is 0.355 e. The maximum atomic E-state index is 5.58. The van der Waals surface area contributed by atoms with Crippen molar-refractivity contribution in [3.05, 3.63) is 0 Å². The smallest absolute Gasteiger partial charge is 0.164 e. The van der Waals surface area contributed by atoms with Gasteiger partial charge in [0.2, 0.25) is 0 Å². The van der Waals surface area contributed by atoms with Gasteiger partial charge in [-0.2, -0.15) is 0 Å². The maximum Gasteiger partial charge on any atom is 0.164 e. The molecular weight excluding hydrogens is 304 g/mol. The van der Waals surface area contributed by atoms with Gasteiger partial charge in [0.05, 0.1) is 0 Å². The molecule has 13 heavy (non-hydrogen) atoms. The van der Waals surface area contributed by atoms with Gasteiger partial charge in [0.25, 0.3) is 0 Å². The van der Waals surface area contributed by atoms with Gasteiger partial charge in [0.15, 0.2) is 12.6 Å². The third-order valence-electron chi connectivity index (χ3n) is 2.85. The predicted octanol–water partition coefficient (Wildman–Crippen LogP) is 1.73. The molecule has 1 heterocycles. The molecule has 0 bridgehead atoms. The molecule has 2 aliphatic rings. The first kappa shape index (κ1) is 10.4. The van der Waals surface area contributed by atoms with Crippen LogP contribution in [0.3, 0.4) is 0 Å². The quantitative estimate of drug-likeness (QED) is 0.726. The zero-order valence-corrected chi connectivity index (χ0v) is 10.6. The van der Waals surface area contributed by atoms with Crippen molar-refractivity contribution in [3.63, 3.8) is 0 Å². The van der Waals surface area contributed by atoms with Crippen molar-refractivity contribution in [3.8, 4) is 0 Å². The fraction of sp³-hybridized carbons (Fsp3) is 1.00. The summed E-state index contributed by atoms with van der Waals surface area (Å²) in [6.45, 7) is 0. The van der Waals surface area contributed by atoms with Gasteiger partial charge in [-0.25, -0.2) is 0 Å². The first-order chi connectivity index (χ1) is 6.20. The Balaban J connectivity index is 2.10. The van der Waals surface area contributed by atoms with Crippen molar-refractivity contribution < 1.29 is 14.2 Å². The Labute approximate surface area is 94.4 Å². The number of halogens is 2. The molecular formula is C8H12Br2O3. The molecule has 3 nitrogen and oxygen atoms in total. The van der Waals surface area contributed by atoms with Gasteiger partial charge in [-0.15, -0.1) is 0 Å². The number of fused-ring (bicyclic) bond motifs is 1. The van der Waals surface area contributed by atoms with Crippen LogP contribution in [0.4, 0.5) is 0 Å². The van der Waals surface area contributed by atoms with E-state index in [2.05, 4.69) is 31.9 Å². The van der Waals surface area contributed by atoms with Crippen LogP contribution in [-0.4, -0.2) is 36.5 Å². The third-order valence-corrected chi connectivity index (χ3v) is 5.91. The highest BCUT2D eigenvalue weighted by molar-refractivity contribution is 9.12. The van der Waals surface area contributed by atoms with Crippen molar-refractivity contribution in [2.45, 2.75) is 22.2 Å². The molecule has 0 spiro atoms. The van der Waals surface area contributed by atoms with Crippen LogP contribution in [0.5, 0.6) is 0 Å². The lowest BCUT2D eigenvalue weighted by molar-refractivity contribution is -0.193. The maximum absolute atomic E-state index is 5.58. The molecule has 0 amide bonds. The van der Waals surface area contributed by atoms with Gasteiger partial charge in [0.1, 0.15) is 0 Å². The standard InChI is InChI=1S/C8H12Br2O3/c1-11-7-3-4(6(10)5(3)9)8(12-2)13-7/h3-8H,1-2H3. The topological polar surface area (TPSA) is 27.7 Å². The summed E-state index contributed by atoms with van der Waals surface area (Å²) in [5.41, 5.74) is 0. The fourth-order valence-corrected chi connectivity index (χ4v) is 4.01. The molecule has 1 saturated carbocycles. The van der Waals surface area contributed by atoms with Crippen molar-refractivity contribution in [2.24, 2.45) is 11.8 Å². The number of alkyl halides is 2. The molecule has 6 unspecified atom stereocenters. The average Bonchev–Trinajstić information content (AvgIpc) is 2.51. The van der Waals surface area contributed by atoms with Gasteiger partial charge in [-0.3, -0.25) is 0 Å². The molecule has 0 radical (unpaired) electrons. The molecule has 1 saturated heterocycles. The van der Waals surface area contributed by atoms with Gasteiger partial charge in [-0.1, -0.05) is 31.9 Å². The van der Waals surface area contributed by atoms with Gasteiger partial charge < -0.3 is 14.2 Å². The van der Waals surface area contributed by atoms with E-state index in [1.807, 2.05) is 0 Å². The SMILES string of the molecule is COC1OC(OC)C2C(Br)C(Br)C12. The van der Waals surface area contributed by atoms with Crippen molar-refractivity contribution >= 4 is 31.9 Å². The fourth-order valence-electron chi connectivity index (χ4n) is 2.11. The summed E-state index contributed by atoms with van der Waals surface area (Å²) in [6, 6.07) is 0. The highest BCUT2D eigenvalue weighted by Gasteiger charge is 2.61. The highest BCUT2D eigenvalue weighted by atomic mass is 79.9. The third kappa shape index (κ3) is 1.40. The molecule has 76 valence electrons. The van der Waals surface area contributed by atoms with Crippen LogP contribution in [0.25, 0.3) is 0 Å². The molecule has 2 rings (SSSR count). The molecule has 0 N–H and O–H groups in total. The Bertz CT molecular complexity index is 182. The summed E-state index contributed by atoms with van der Waals surface area (Å²) < 4.78 is 16.1. The molecule has 1 aliphatic carbocycles. The summed E-state index contributed by atoms with van der Waals surface area (Å²) >= 11 is 7.22. The number of hydrogen-bond acceptors (Lipinski definition) is 3. The Morgan fingerprint density at radius 1 is 0.923 bits per heavy atom. The summed E-state index contributed by atoms with van der Waals surface area (Å²) in [6.07, 6.45) is -0.263. The molecule has 0 aromatic rings. The van der Waals surface area contributed by atoms with Crippen LogP contribution < -0.4 is 0 Å². The van der Waals surface area contributed by atoms with Gasteiger partial charge in [0, 0.05) is 35.7 Å². The minimum atomic E-state index is -0.131. The summed E-state index contributed by atoms with van der Waals surface area (Å²) in [5.74, 6) is 0.804. The van der Waals surface area contributed by atoms with Crippen LogP contribution in [0.1, 0.15) is 0 Å². The van der Waals surface area contributed by atoms with Crippen LogP contribution in [0, 0.1) is 11.8 Å². The van der Waals surface area contributed by atoms with E-state index >= 15 is 0 Å².